The monoisotopic (exact) mass is 550 g/mol. The first kappa shape index (κ1) is 25.9. The molecule has 7 rings (SSSR count). The molecule has 0 radical (unpaired) electrons. The Morgan fingerprint density at radius 2 is 1.90 bits per heavy atom. The standard InChI is InChI=1S/C29H38N6O5/c1-17(20-9-7-14-33(20)2)39-27-23-26(35(28(37)34(23)3)18-11-15-38-16-18)30-25(31-27)22-19-8-6-13-29(24(19)40-32-22)12-5-4-10-21(29)36/h17-18,20H,4-16H2,1-3H3/t17-,18+,20-,29+/m0/s1. The number of ketones is 1. The van der Waals surface area contributed by atoms with E-state index >= 15 is 0 Å². The van der Waals surface area contributed by atoms with E-state index in [0.717, 1.165) is 69.9 Å². The van der Waals surface area contributed by atoms with Crippen LogP contribution in [0, 0.1) is 0 Å². The van der Waals surface area contributed by atoms with Gasteiger partial charge in [-0.2, -0.15) is 4.98 Å². The van der Waals surface area contributed by atoms with Crippen LogP contribution >= 0.6 is 0 Å². The third kappa shape index (κ3) is 3.88. The second-order valence-corrected chi connectivity index (χ2v) is 12.2. The van der Waals surface area contributed by atoms with Crippen LogP contribution in [-0.2, 0) is 28.4 Å². The van der Waals surface area contributed by atoms with E-state index in [9.17, 15) is 9.59 Å². The van der Waals surface area contributed by atoms with Crippen LogP contribution in [0.3, 0.4) is 0 Å². The number of likely N-dealkylation sites (N-methyl/N-ethyl adjacent to an activating group) is 1. The average Bonchev–Trinajstić information content (AvgIpc) is 3.74. The third-order valence-corrected chi connectivity index (χ3v) is 9.83. The fourth-order valence-electron chi connectivity index (χ4n) is 7.63. The molecule has 4 atom stereocenters. The smallest absolute Gasteiger partial charge is 0.330 e. The molecule has 11 heteroatoms. The number of carbonyl (C=O) groups is 1. The zero-order valence-electron chi connectivity index (χ0n) is 23.6. The van der Waals surface area contributed by atoms with E-state index in [1.807, 2.05) is 0 Å². The van der Waals surface area contributed by atoms with Crippen LogP contribution in [0.15, 0.2) is 9.32 Å². The summed E-state index contributed by atoms with van der Waals surface area (Å²) < 4.78 is 21.6. The van der Waals surface area contributed by atoms with Crippen LogP contribution in [-0.4, -0.2) is 73.9 Å². The van der Waals surface area contributed by atoms with E-state index < -0.39 is 5.41 Å². The van der Waals surface area contributed by atoms with Crippen LogP contribution < -0.4 is 10.4 Å². The van der Waals surface area contributed by atoms with Gasteiger partial charge in [0.1, 0.15) is 11.9 Å². The van der Waals surface area contributed by atoms with Gasteiger partial charge in [-0.05, 0) is 71.9 Å². The molecule has 0 amide bonds. The zero-order valence-corrected chi connectivity index (χ0v) is 23.6. The molecular weight excluding hydrogens is 512 g/mol. The summed E-state index contributed by atoms with van der Waals surface area (Å²) in [5.41, 5.74) is 1.81. The van der Waals surface area contributed by atoms with Gasteiger partial charge in [0.05, 0.1) is 18.1 Å². The Kier molecular flexibility index (Phi) is 6.34. The summed E-state index contributed by atoms with van der Waals surface area (Å²) in [6.45, 7) is 4.16. The predicted molar refractivity (Wildman–Crippen MR) is 147 cm³/mol. The molecule has 214 valence electrons. The number of hydrogen-bond donors (Lipinski definition) is 0. The summed E-state index contributed by atoms with van der Waals surface area (Å²) in [5.74, 6) is 1.70. The number of rotatable bonds is 5. The SMILES string of the molecule is C[C@H](Oc1nc(-c2noc3c2CCC[C@@]32CCCCC2=O)nc2c1n(C)c(=O)n2[C@@H]1CCOC1)[C@@H]1CCCN1C. The van der Waals surface area contributed by atoms with Crippen LogP contribution in [0.25, 0.3) is 22.7 Å². The fourth-order valence-corrected chi connectivity index (χ4v) is 7.63. The lowest BCUT2D eigenvalue weighted by atomic mass is 9.64. The van der Waals surface area contributed by atoms with Crippen molar-refractivity contribution in [3.63, 3.8) is 0 Å². The number of fused-ring (bicyclic) bond motifs is 3. The summed E-state index contributed by atoms with van der Waals surface area (Å²) in [7, 11) is 3.87. The molecule has 1 saturated carbocycles. The van der Waals surface area contributed by atoms with E-state index in [2.05, 4.69) is 24.0 Å². The van der Waals surface area contributed by atoms with Crippen molar-refractivity contribution in [3.8, 4) is 17.4 Å². The number of nitrogens with zero attached hydrogens (tertiary/aromatic N) is 6. The van der Waals surface area contributed by atoms with E-state index in [1.54, 1.807) is 16.2 Å². The second-order valence-electron chi connectivity index (χ2n) is 12.2. The van der Waals surface area contributed by atoms with Crippen molar-refractivity contribution in [2.45, 2.75) is 94.7 Å². The number of hydrogen-bond acceptors (Lipinski definition) is 9. The highest BCUT2D eigenvalue weighted by Crippen LogP contribution is 2.47. The summed E-state index contributed by atoms with van der Waals surface area (Å²) in [4.78, 5) is 39.0. The molecule has 2 saturated heterocycles. The van der Waals surface area contributed by atoms with Crippen LogP contribution in [0.5, 0.6) is 5.88 Å². The molecule has 0 unspecified atom stereocenters. The lowest BCUT2D eigenvalue weighted by molar-refractivity contribution is -0.128. The Morgan fingerprint density at radius 1 is 1.05 bits per heavy atom. The first-order chi connectivity index (χ1) is 19.4. The van der Waals surface area contributed by atoms with Crippen LogP contribution in [0.1, 0.15) is 82.1 Å². The molecule has 3 aromatic rings. The normalized spacial score (nSPS) is 28.0. The maximum absolute atomic E-state index is 13.6. The molecule has 40 heavy (non-hydrogen) atoms. The number of aryl methyl sites for hydroxylation is 1. The van der Waals surface area contributed by atoms with Crippen molar-refractivity contribution >= 4 is 16.9 Å². The Morgan fingerprint density at radius 3 is 2.65 bits per heavy atom. The minimum absolute atomic E-state index is 0.112. The highest BCUT2D eigenvalue weighted by molar-refractivity contribution is 5.91. The number of aromatic nitrogens is 5. The molecule has 0 N–H and O–H groups in total. The van der Waals surface area contributed by atoms with Crippen molar-refractivity contribution in [3.05, 3.63) is 21.8 Å². The van der Waals surface area contributed by atoms with E-state index in [-0.39, 0.29) is 29.7 Å². The number of likely N-dealkylation sites (tertiary alicyclic amines) is 1. The molecule has 11 nitrogen and oxygen atoms in total. The minimum atomic E-state index is -0.585. The van der Waals surface area contributed by atoms with E-state index in [1.165, 1.54) is 0 Å². The Balaban J connectivity index is 1.39. The molecule has 2 aliphatic carbocycles. The maximum atomic E-state index is 13.6. The largest absolute Gasteiger partial charge is 0.471 e. The topological polar surface area (TPSA) is 118 Å². The van der Waals surface area contributed by atoms with Gasteiger partial charge in [0.25, 0.3) is 0 Å². The van der Waals surface area contributed by atoms with Crippen molar-refractivity contribution in [2.24, 2.45) is 7.05 Å². The molecule has 5 heterocycles. The van der Waals surface area contributed by atoms with Gasteiger partial charge in [-0.25, -0.2) is 9.78 Å². The van der Waals surface area contributed by atoms with Gasteiger partial charge >= 0.3 is 5.69 Å². The first-order valence-corrected chi connectivity index (χ1v) is 14.9. The Bertz CT molecular complexity index is 1520. The fraction of sp³-hybridized carbons (Fsp3) is 0.690. The summed E-state index contributed by atoms with van der Waals surface area (Å²) in [6.07, 6.45) is 8.54. The molecule has 3 aromatic heterocycles. The van der Waals surface area contributed by atoms with Gasteiger partial charge in [-0.1, -0.05) is 11.6 Å². The number of imidazole rings is 1. The summed E-state index contributed by atoms with van der Waals surface area (Å²) in [6, 6.07) is 0.146. The summed E-state index contributed by atoms with van der Waals surface area (Å²) >= 11 is 0. The minimum Gasteiger partial charge on any atom is -0.471 e. The highest BCUT2D eigenvalue weighted by Gasteiger charge is 2.48. The highest BCUT2D eigenvalue weighted by atomic mass is 16.5. The second kappa shape index (κ2) is 9.80. The maximum Gasteiger partial charge on any atom is 0.330 e. The molecule has 4 aliphatic rings. The number of ether oxygens (including phenoxy) is 2. The molecule has 1 spiro atoms. The molecular formula is C29H38N6O5. The lowest BCUT2D eigenvalue weighted by Gasteiger charge is -2.36. The molecule has 0 aromatic carbocycles. The molecule has 0 bridgehead atoms. The Hall–Kier alpha value is -3.05. The lowest BCUT2D eigenvalue weighted by Crippen LogP contribution is -2.41. The van der Waals surface area contributed by atoms with E-state index in [0.29, 0.717) is 54.0 Å². The third-order valence-electron chi connectivity index (χ3n) is 9.83. The van der Waals surface area contributed by atoms with Crippen molar-refractivity contribution in [1.29, 1.82) is 0 Å². The average molecular weight is 551 g/mol. The molecule has 2 aliphatic heterocycles. The molecule has 3 fully saturated rings. The van der Waals surface area contributed by atoms with Gasteiger partial charge in [-0.3, -0.25) is 18.8 Å². The van der Waals surface area contributed by atoms with Gasteiger partial charge in [0.2, 0.25) is 5.88 Å². The summed E-state index contributed by atoms with van der Waals surface area (Å²) in [5, 5.41) is 4.49. The van der Waals surface area contributed by atoms with E-state index in [4.69, 9.17) is 24.0 Å². The zero-order chi connectivity index (χ0) is 27.6. The number of Topliss-reactive ketones (excluding diaryl/α,β-unsaturated/α-hetero) is 1. The van der Waals surface area contributed by atoms with Gasteiger partial charge in [0.15, 0.2) is 28.4 Å². The van der Waals surface area contributed by atoms with Gasteiger partial charge in [0, 0.05) is 31.7 Å². The van der Waals surface area contributed by atoms with Crippen LogP contribution in [0.2, 0.25) is 0 Å². The first-order valence-electron chi connectivity index (χ1n) is 14.9. The van der Waals surface area contributed by atoms with Crippen molar-refractivity contribution in [1.82, 2.24) is 29.2 Å². The predicted octanol–water partition coefficient (Wildman–Crippen LogP) is 3.33. The van der Waals surface area contributed by atoms with Gasteiger partial charge < -0.3 is 14.0 Å². The van der Waals surface area contributed by atoms with Crippen molar-refractivity contribution < 1.29 is 18.8 Å². The Labute approximate surface area is 232 Å². The van der Waals surface area contributed by atoms with Crippen LogP contribution in [0.4, 0.5) is 0 Å². The quantitative estimate of drug-likeness (QED) is 0.471. The van der Waals surface area contributed by atoms with Gasteiger partial charge in [-0.15, -0.1) is 0 Å². The van der Waals surface area contributed by atoms with Crippen molar-refractivity contribution in [2.75, 3.05) is 26.8 Å². The number of carbonyl (C=O) groups excluding carboxylic acids is 1.